The fraction of sp³-hybridized carbons (Fsp3) is 0. The molecule has 0 fully saturated rings. The van der Waals surface area contributed by atoms with Crippen molar-refractivity contribution in [1.29, 1.82) is 0 Å². The van der Waals surface area contributed by atoms with Crippen molar-refractivity contribution in [3.05, 3.63) is 29.8 Å². The number of aromatic carboxylic acids is 1. The van der Waals surface area contributed by atoms with E-state index in [4.69, 9.17) is 10.8 Å². The van der Waals surface area contributed by atoms with E-state index >= 15 is 0 Å². The van der Waals surface area contributed by atoms with Gasteiger partial charge in [0.1, 0.15) is 11.3 Å². The maximum atomic E-state index is 11.0. The standard InChI is InChI=1S/C13H11NO6/c14-6-3-1-2-5(4-6)7-9(15)8(13(19)20)11(17)12(18)10(7)16/h1-4,15-18H,14H2,(H,19,20). The van der Waals surface area contributed by atoms with E-state index in [9.17, 15) is 25.2 Å². The van der Waals surface area contributed by atoms with Crippen molar-refractivity contribution < 1.29 is 30.3 Å². The molecule has 2 aromatic carbocycles. The number of benzene rings is 2. The summed E-state index contributed by atoms with van der Waals surface area (Å²) < 4.78 is 0. The third-order valence-corrected chi connectivity index (χ3v) is 2.78. The van der Waals surface area contributed by atoms with E-state index in [1.807, 2.05) is 0 Å². The van der Waals surface area contributed by atoms with Crippen LogP contribution in [0.4, 0.5) is 5.69 Å². The fourth-order valence-corrected chi connectivity index (χ4v) is 1.87. The summed E-state index contributed by atoms with van der Waals surface area (Å²) in [5, 5.41) is 47.7. The van der Waals surface area contributed by atoms with Gasteiger partial charge in [0, 0.05) is 5.69 Å². The van der Waals surface area contributed by atoms with Gasteiger partial charge in [0.05, 0.1) is 5.56 Å². The zero-order valence-electron chi connectivity index (χ0n) is 10.0. The number of carbonyl (C=O) groups is 1. The van der Waals surface area contributed by atoms with Gasteiger partial charge in [0.2, 0.25) is 5.75 Å². The molecule has 0 radical (unpaired) electrons. The Morgan fingerprint density at radius 1 is 0.950 bits per heavy atom. The second-order valence-electron chi connectivity index (χ2n) is 4.08. The highest BCUT2D eigenvalue weighted by Gasteiger charge is 2.28. The molecule has 2 aromatic rings. The number of carboxylic acid groups (broad SMARTS) is 1. The van der Waals surface area contributed by atoms with Crippen molar-refractivity contribution in [3.8, 4) is 34.1 Å². The third kappa shape index (κ3) is 1.91. The molecule has 0 heterocycles. The van der Waals surface area contributed by atoms with Gasteiger partial charge in [-0.1, -0.05) is 12.1 Å². The van der Waals surface area contributed by atoms with E-state index in [0.29, 0.717) is 5.69 Å². The summed E-state index contributed by atoms with van der Waals surface area (Å²) >= 11 is 0. The SMILES string of the molecule is Nc1cccc(-c2c(O)c(O)c(O)c(C(=O)O)c2O)c1. The zero-order valence-corrected chi connectivity index (χ0v) is 10.0. The van der Waals surface area contributed by atoms with Gasteiger partial charge in [0.25, 0.3) is 0 Å². The average molecular weight is 277 g/mol. The Morgan fingerprint density at radius 3 is 2.15 bits per heavy atom. The molecule has 7 nitrogen and oxygen atoms in total. The Kier molecular flexibility index (Phi) is 3.03. The Labute approximate surface area is 112 Å². The van der Waals surface area contributed by atoms with E-state index in [0.717, 1.165) is 0 Å². The lowest BCUT2D eigenvalue weighted by Crippen LogP contribution is -1.99. The maximum Gasteiger partial charge on any atom is 0.343 e. The molecule has 7 N–H and O–H groups in total. The van der Waals surface area contributed by atoms with Gasteiger partial charge >= 0.3 is 5.97 Å². The number of hydrogen-bond acceptors (Lipinski definition) is 6. The second-order valence-corrected chi connectivity index (χ2v) is 4.08. The van der Waals surface area contributed by atoms with Gasteiger partial charge in [-0.15, -0.1) is 0 Å². The molecule has 0 saturated carbocycles. The van der Waals surface area contributed by atoms with Crippen molar-refractivity contribution in [1.82, 2.24) is 0 Å². The summed E-state index contributed by atoms with van der Waals surface area (Å²) in [5.41, 5.74) is 4.84. The topological polar surface area (TPSA) is 144 Å². The van der Waals surface area contributed by atoms with Crippen LogP contribution < -0.4 is 5.73 Å². The smallest absolute Gasteiger partial charge is 0.343 e. The van der Waals surface area contributed by atoms with Crippen molar-refractivity contribution in [3.63, 3.8) is 0 Å². The van der Waals surface area contributed by atoms with Crippen LogP contribution in [0.1, 0.15) is 10.4 Å². The number of anilines is 1. The van der Waals surface area contributed by atoms with Crippen LogP contribution in [0.3, 0.4) is 0 Å². The van der Waals surface area contributed by atoms with Crippen LogP contribution in [0.15, 0.2) is 24.3 Å². The Balaban J connectivity index is 2.86. The number of nitrogen functional groups attached to an aromatic ring is 1. The molecule has 0 aliphatic rings. The summed E-state index contributed by atoms with van der Waals surface area (Å²) in [4.78, 5) is 11.0. The van der Waals surface area contributed by atoms with E-state index < -0.39 is 34.5 Å². The molecule has 0 saturated heterocycles. The minimum atomic E-state index is -1.65. The van der Waals surface area contributed by atoms with E-state index in [1.165, 1.54) is 18.2 Å². The molecule has 104 valence electrons. The quantitative estimate of drug-likeness (QED) is 0.277. The molecular weight excluding hydrogens is 266 g/mol. The van der Waals surface area contributed by atoms with E-state index in [1.54, 1.807) is 6.07 Å². The molecule has 0 aliphatic carbocycles. The van der Waals surface area contributed by atoms with Gasteiger partial charge in [-0.25, -0.2) is 4.79 Å². The monoisotopic (exact) mass is 277 g/mol. The van der Waals surface area contributed by atoms with Crippen molar-refractivity contribution in [2.45, 2.75) is 0 Å². The number of phenolic OH excluding ortho intramolecular Hbond substituents is 2. The molecular formula is C13H11NO6. The highest BCUT2D eigenvalue weighted by molar-refractivity contribution is 6.00. The van der Waals surface area contributed by atoms with E-state index in [-0.39, 0.29) is 11.1 Å². The second kappa shape index (κ2) is 4.54. The first kappa shape index (κ1) is 13.3. The van der Waals surface area contributed by atoms with Crippen molar-refractivity contribution in [2.24, 2.45) is 0 Å². The first-order chi connectivity index (χ1) is 9.34. The molecule has 2 rings (SSSR count). The van der Waals surface area contributed by atoms with Gasteiger partial charge < -0.3 is 31.3 Å². The zero-order chi connectivity index (χ0) is 15.0. The molecule has 0 unspecified atom stereocenters. The molecule has 20 heavy (non-hydrogen) atoms. The summed E-state index contributed by atoms with van der Waals surface area (Å²) in [7, 11) is 0. The van der Waals surface area contributed by atoms with E-state index in [2.05, 4.69) is 0 Å². The Morgan fingerprint density at radius 2 is 1.60 bits per heavy atom. The van der Waals surface area contributed by atoms with Crippen LogP contribution in [0.25, 0.3) is 11.1 Å². The predicted octanol–water partition coefficient (Wildman–Crippen LogP) is 1.46. The first-order valence-corrected chi connectivity index (χ1v) is 5.43. The highest BCUT2D eigenvalue weighted by Crippen LogP contribution is 2.51. The number of aromatic hydroxyl groups is 4. The molecule has 0 bridgehead atoms. The lowest BCUT2D eigenvalue weighted by Gasteiger charge is -2.13. The normalized spacial score (nSPS) is 10.4. The van der Waals surface area contributed by atoms with Gasteiger partial charge in [0.15, 0.2) is 11.5 Å². The van der Waals surface area contributed by atoms with Crippen LogP contribution in [0.5, 0.6) is 23.0 Å². The summed E-state index contributed by atoms with van der Waals surface area (Å²) in [6.07, 6.45) is 0. The van der Waals surface area contributed by atoms with Gasteiger partial charge in [-0.2, -0.15) is 0 Å². The van der Waals surface area contributed by atoms with Crippen LogP contribution in [0, 0.1) is 0 Å². The van der Waals surface area contributed by atoms with Crippen LogP contribution >= 0.6 is 0 Å². The average Bonchev–Trinajstić information content (AvgIpc) is 2.36. The molecule has 0 amide bonds. The molecule has 0 atom stereocenters. The summed E-state index contributed by atoms with van der Waals surface area (Å²) in [6.45, 7) is 0. The van der Waals surface area contributed by atoms with Crippen LogP contribution in [-0.4, -0.2) is 31.5 Å². The predicted molar refractivity (Wildman–Crippen MR) is 69.9 cm³/mol. The number of hydrogen-bond donors (Lipinski definition) is 6. The molecule has 7 heteroatoms. The molecule has 0 spiro atoms. The number of nitrogens with two attached hydrogens (primary N) is 1. The Hall–Kier alpha value is -3.09. The Bertz CT molecular complexity index is 710. The third-order valence-electron chi connectivity index (χ3n) is 2.78. The van der Waals surface area contributed by atoms with Gasteiger partial charge in [-0.3, -0.25) is 0 Å². The lowest BCUT2D eigenvalue weighted by molar-refractivity contribution is 0.0689. The highest BCUT2D eigenvalue weighted by atomic mass is 16.4. The largest absolute Gasteiger partial charge is 0.506 e. The van der Waals surface area contributed by atoms with Gasteiger partial charge in [-0.05, 0) is 17.7 Å². The maximum absolute atomic E-state index is 11.0. The van der Waals surface area contributed by atoms with Crippen molar-refractivity contribution in [2.75, 3.05) is 5.73 Å². The number of rotatable bonds is 2. The summed E-state index contributed by atoms with van der Waals surface area (Å²) in [6, 6.07) is 5.90. The van der Waals surface area contributed by atoms with Crippen LogP contribution in [-0.2, 0) is 0 Å². The summed E-state index contributed by atoms with van der Waals surface area (Å²) in [5.74, 6) is -5.50. The van der Waals surface area contributed by atoms with Crippen molar-refractivity contribution >= 4 is 11.7 Å². The molecule has 0 aliphatic heterocycles. The van der Waals surface area contributed by atoms with Crippen LogP contribution in [0.2, 0.25) is 0 Å². The lowest BCUT2D eigenvalue weighted by atomic mass is 9.98. The minimum absolute atomic E-state index is 0.192. The fourth-order valence-electron chi connectivity index (χ4n) is 1.87. The number of carboxylic acids is 1. The molecule has 0 aromatic heterocycles. The first-order valence-electron chi connectivity index (χ1n) is 5.43. The number of phenols is 4. The minimum Gasteiger partial charge on any atom is -0.506 e.